The van der Waals surface area contributed by atoms with E-state index in [-0.39, 0.29) is 29.8 Å². The Morgan fingerprint density at radius 1 is 1.28 bits per heavy atom. The van der Waals surface area contributed by atoms with Crippen LogP contribution < -0.4 is 16.8 Å². The molecule has 6 nitrogen and oxygen atoms in total. The predicted molar refractivity (Wildman–Crippen MR) is 69.9 cm³/mol. The van der Waals surface area contributed by atoms with Crippen LogP contribution in [0.4, 0.5) is 5.69 Å². The van der Waals surface area contributed by atoms with Gasteiger partial charge in [-0.1, -0.05) is 6.07 Å². The summed E-state index contributed by atoms with van der Waals surface area (Å²) in [6.45, 7) is 3.80. The van der Waals surface area contributed by atoms with Gasteiger partial charge in [0.25, 0.3) is 5.91 Å². The van der Waals surface area contributed by atoms with Crippen LogP contribution in [0.3, 0.4) is 0 Å². The third-order valence-corrected chi connectivity index (χ3v) is 4.42. The number of anilines is 1. The molecule has 0 aliphatic carbocycles. The summed E-state index contributed by atoms with van der Waals surface area (Å²) >= 11 is 0. The van der Waals surface area contributed by atoms with Gasteiger partial charge >= 0.3 is 7.60 Å². The standard InChI is InChI=1S/C11H17N2O4P/c1-3-16-18(15,17-4-2)9-7-5-6-8(10(9)12)11(13)14/h5-7H,3-4,12H2,1-2H3,(H2,13,14). The molecule has 0 aliphatic rings. The summed E-state index contributed by atoms with van der Waals surface area (Å²) in [6.07, 6.45) is 0. The number of amides is 1. The van der Waals surface area contributed by atoms with Gasteiger partial charge in [-0.2, -0.15) is 0 Å². The minimum absolute atomic E-state index is 0.0373. The van der Waals surface area contributed by atoms with Gasteiger partial charge in [0, 0.05) is 0 Å². The highest BCUT2D eigenvalue weighted by molar-refractivity contribution is 7.62. The zero-order valence-electron chi connectivity index (χ0n) is 10.4. The monoisotopic (exact) mass is 272 g/mol. The lowest BCUT2D eigenvalue weighted by atomic mass is 10.2. The van der Waals surface area contributed by atoms with E-state index in [9.17, 15) is 9.36 Å². The largest absolute Gasteiger partial charge is 0.397 e. The van der Waals surface area contributed by atoms with Crippen molar-refractivity contribution >= 4 is 24.5 Å². The molecule has 1 rings (SSSR count). The van der Waals surface area contributed by atoms with Crippen LogP contribution in [-0.2, 0) is 13.6 Å². The molecule has 7 heteroatoms. The lowest BCUT2D eigenvalue weighted by Gasteiger charge is -2.19. The minimum atomic E-state index is -3.51. The van der Waals surface area contributed by atoms with Crippen molar-refractivity contribution in [2.24, 2.45) is 5.73 Å². The van der Waals surface area contributed by atoms with Crippen molar-refractivity contribution in [3.63, 3.8) is 0 Å². The third kappa shape index (κ3) is 2.90. The van der Waals surface area contributed by atoms with Crippen molar-refractivity contribution in [2.75, 3.05) is 18.9 Å². The van der Waals surface area contributed by atoms with Crippen molar-refractivity contribution in [1.82, 2.24) is 0 Å². The molecule has 0 fully saturated rings. The number of nitrogen functional groups attached to an aromatic ring is 1. The molecule has 0 radical (unpaired) electrons. The third-order valence-electron chi connectivity index (χ3n) is 2.24. The lowest BCUT2D eigenvalue weighted by Crippen LogP contribution is -2.21. The predicted octanol–water partition coefficient (Wildman–Crippen LogP) is 1.26. The molecule has 1 amide bonds. The lowest BCUT2D eigenvalue weighted by molar-refractivity contribution is 0.100. The maximum absolute atomic E-state index is 12.5. The maximum Gasteiger partial charge on any atom is 0.363 e. The van der Waals surface area contributed by atoms with E-state index in [0.29, 0.717) is 0 Å². The first-order valence-electron chi connectivity index (χ1n) is 5.54. The molecule has 0 saturated heterocycles. The van der Waals surface area contributed by atoms with Gasteiger partial charge in [0.1, 0.15) is 0 Å². The zero-order chi connectivity index (χ0) is 13.8. The van der Waals surface area contributed by atoms with Gasteiger partial charge in [-0.05, 0) is 26.0 Å². The first kappa shape index (κ1) is 14.7. The van der Waals surface area contributed by atoms with E-state index in [4.69, 9.17) is 20.5 Å². The number of carbonyl (C=O) groups excluding carboxylic acids is 1. The number of hydrogen-bond donors (Lipinski definition) is 2. The topological polar surface area (TPSA) is 105 Å². The van der Waals surface area contributed by atoms with Crippen LogP contribution in [0.1, 0.15) is 24.2 Å². The van der Waals surface area contributed by atoms with Crippen LogP contribution in [0.2, 0.25) is 0 Å². The number of nitrogens with two attached hydrogens (primary N) is 2. The highest BCUT2D eigenvalue weighted by atomic mass is 31.2. The van der Waals surface area contributed by atoms with Gasteiger partial charge in [0.2, 0.25) is 0 Å². The van der Waals surface area contributed by atoms with E-state index in [1.165, 1.54) is 18.2 Å². The van der Waals surface area contributed by atoms with Crippen LogP contribution in [0.25, 0.3) is 0 Å². The maximum atomic E-state index is 12.5. The number of benzene rings is 1. The molecule has 4 N–H and O–H groups in total. The van der Waals surface area contributed by atoms with Gasteiger partial charge in [0.05, 0.1) is 29.8 Å². The quantitative estimate of drug-likeness (QED) is 0.599. The molecule has 1 aromatic carbocycles. The Hall–Kier alpha value is -1.36. The molecule has 0 heterocycles. The summed E-state index contributed by atoms with van der Waals surface area (Å²) in [6, 6.07) is 4.51. The molecule has 0 saturated carbocycles. The van der Waals surface area contributed by atoms with Crippen molar-refractivity contribution in [1.29, 1.82) is 0 Å². The Morgan fingerprint density at radius 2 is 1.83 bits per heavy atom. The van der Waals surface area contributed by atoms with Crippen LogP contribution >= 0.6 is 7.60 Å². The molecule has 18 heavy (non-hydrogen) atoms. The molecule has 0 aromatic heterocycles. The molecular weight excluding hydrogens is 255 g/mol. The van der Waals surface area contributed by atoms with E-state index in [2.05, 4.69) is 0 Å². The van der Waals surface area contributed by atoms with Crippen LogP contribution in [0.15, 0.2) is 18.2 Å². The molecule has 1 aromatic rings. The van der Waals surface area contributed by atoms with Crippen LogP contribution in [-0.4, -0.2) is 19.1 Å². The smallest absolute Gasteiger partial charge is 0.363 e. The Labute approximate surface area is 106 Å². The second-order valence-corrected chi connectivity index (χ2v) is 5.43. The summed E-state index contributed by atoms with van der Waals surface area (Å²) in [4.78, 5) is 11.2. The van der Waals surface area contributed by atoms with E-state index in [1.807, 2.05) is 0 Å². The Bertz CT molecular complexity index is 480. The fraction of sp³-hybridized carbons (Fsp3) is 0.364. The SMILES string of the molecule is CCOP(=O)(OCC)c1cccc(C(N)=O)c1N. The van der Waals surface area contributed by atoms with Gasteiger partial charge < -0.3 is 20.5 Å². The molecule has 0 atom stereocenters. The molecule has 100 valence electrons. The zero-order valence-corrected chi connectivity index (χ0v) is 11.3. The Morgan fingerprint density at radius 3 is 2.28 bits per heavy atom. The van der Waals surface area contributed by atoms with E-state index >= 15 is 0 Å². The first-order valence-corrected chi connectivity index (χ1v) is 7.08. The number of primary amides is 1. The van der Waals surface area contributed by atoms with Crippen molar-refractivity contribution in [3.05, 3.63) is 23.8 Å². The number of hydrogen-bond acceptors (Lipinski definition) is 5. The summed E-state index contributed by atoms with van der Waals surface area (Å²) in [5.74, 6) is -0.686. The average molecular weight is 272 g/mol. The normalized spacial score (nSPS) is 11.4. The molecular formula is C11H17N2O4P. The van der Waals surface area contributed by atoms with Gasteiger partial charge in [-0.15, -0.1) is 0 Å². The fourth-order valence-electron chi connectivity index (χ4n) is 1.52. The molecule has 0 spiro atoms. The number of rotatable bonds is 6. The first-order chi connectivity index (χ1) is 8.46. The summed E-state index contributed by atoms with van der Waals surface area (Å²) in [5, 5.41) is 0.169. The molecule has 0 unspecified atom stereocenters. The molecule has 0 aliphatic heterocycles. The highest BCUT2D eigenvalue weighted by Crippen LogP contribution is 2.48. The van der Waals surface area contributed by atoms with E-state index in [0.717, 1.165) is 0 Å². The second kappa shape index (κ2) is 6.00. The molecule has 0 bridgehead atoms. The fourth-order valence-corrected chi connectivity index (χ4v) is 3.24. The minimum Gasteiger partial charge on any atom is -0.397 e. The number of carbonyl (C=O) groups is 1. The second-order valence-electron chi connectivity index (χ2n) is 3.44. The summed E-state index contributed by atoms with van der Waals surface area (Å²) in [7, 11) is -3.51. The number of para-hydroxylation sites is 1. The summed E-state index contributed by atoms with van der Waals surface area (Å²) in [5.41, 5.74) is 11.1. The van der Waals surface area contributed by atoms with E-state index < -0.39 is 13.5 Å². The summed E-state index contributed by atoms with van der Waals surface area (Å²) < 4.78 is 22.9. The van der Waals surface area contributed by atoms with Crippen molar-refractivity contribution in [3.8, 4) is 0 Å². The highest BCUT2D eigenvalue weighted by Gasteiger charge is 2.30. The Kier molecular flexibility index (Phi) is 4.90. The van der Waals surface area contributed by atoms with Gasteiger partial charge in [-0.25, -0.2) is 0 Å². The van der Waals surface area contributed by atoms with Crippen LogP contribution in [0, 0.1) is 0 Å². The van der Waals surface area contributed by atoms with Crippen LogP contribution in [0.5, 0.6) is 0 Å². The van der Waals surface area contributed by atoms with Gasteiger partial charge in [-0.3, -0.25) is 9.36 Å². The average Bonchev–Trinajstić information content (AvgIpc) is 2.29. The van der Waals surface area contributed by atoms with E-state index in [1.54, 1.807) is 13.8 Å². The van der Waals surface area contributed by atoms with Gasteiger partial charge in [0.15, 0.2) is 0 Å². The van der Waals surface area contributed by atoms with Crippen molar-refractivity contribution in [2.45, 2.75) is 13.8 Å². The Balaban J connectivity index is 3.33. The van der Waals surface area contributed by atoms with Crippen molar-refractivity contribution < 1.29 is 18.4 Å².